The van der Waals surface area contributed by atoms with E-state index in [0.29, 0.717) is 0 Å². The Labute approximate surface area is 244 Å². The maximum Gasteiger partial charge on any atom is 0.137 e. The summed E-state index contributed by atoms with van der Waals surface area (Å²) < 4.78 is 6.26. The van der Waals surface area contributed by atoms with Gasteiger partial charge in [0.25, 0.3) is 0 Å². The fraction of sp³-hybridized carbons (Fsp3) is 0. The first kappa shape index (κ1) is 24.2. The van der Waals surface area contributed by atoms with Gasteiger partial charge in [-0.2, -0.15) is 0 Å². The highest BCUT2D eigenvalue weighted by Crippen LogP contribution is 2.43. The Morgan fingerprint density at radius 1 is 0.405 bits per heavy atom. The van der Waals surface area contributed by atoms with Crippen molar-refractivity contribution in [3.05, 3.63) is 164 Å². The summed E-state index contributed by atoms with van der Waals surface area (Å²) in [5.74, 6) is 0. The molecular formula is C40H27NO. The van der Waals surface area contributed by atoms with Crippen LogP contribution in [0.2, 0.25) is 0 Å². The molecule has 1 aromatic heterocycles. The van der Waals surface area contributed by atoms with Crippen molar-refractivity contribution < 1.29 is 4.42 Å². The minimum Gasteiger partial charge on any atom is -0.456 e. The van der Waals surface area contributed by atoms with Gasteiger partial charge in [-0.05, 0) is 87.6 Å². The summed E-state index contributed by atoms with van der Waals surface area (Å²) >= 11 is 0. The summed E-state index contributed by atoms with van der Waals surface area (Å²) in [4.78, 5) is 2.33. The molecule has 0 spiro atoms. The molecule has 0 bridgehead atoms. The smallest absolute Gasteiger partial charge is 0.137 e. The summed E-state index contributed by atoms with van der Waals surface area (Å²) in [6.07, 6.45) is 0. The molecule has 2 heteroatoms. The highest BCUT2D eigenvalue weighted by atomic mass is 16.3. The van der Waals surface area contributed by atoms with Crippen LogP contribution in [0, 0.1) is 0 Å². The first-order chi connectivity index (χ1) is 20.8. The molecule has 0 aliphatic carbocycles. The molecule has 0 atom stereocenters. The van der Waals surface area contributed by atoms with Crippen LogP contribution in [0.5, 0.6) is 0 Å². The van der Waals surface area contributed by atoms with Gasteiger partial charge in [-0.3, -0.25) is 0 Å². The minimum absolute atomic E-state index is 0.884. The van der Waals surface area contributed by atoms with Crippen molar-refractivity contribution in [2.45, 2.75) is 0 Å². The van der Waals surface area contributed by atoms with Gasteiger partial charge in [0.15, 0.2) is 0 Å². The molecule has 1 heterocycles. The van der Waals surface area contributed by atoms with Crippen LogP contribution in [0.25, 0.3) is 55.0 Å². The number of furan rings is 1. The maximum absolute atomic E-state index is 6.26. The zero-order chi connectivity index (χ0) is 27.9. The van der Waals surface area contributed by atoms with Crippen molar-refractivity contribution in [3.63, 3.8) is 0 Å². The quantitative estimate of drug-likeness (QED) is 0.217. The van der Waals surface area contributed by atoms with Gasteiger partial charge >= 0.3 is 0 Å². The lowest BCUT2D eigenvalue weighted by atomic mass is 9.91. The summed E-state index contributed by atoms with van der Waals surface area (Å²) in [6, 6.07) is 58.0. The van der Waals surface area contributed by atoms with Gasteiger partial charge in [-0.15, -0.1) is 0 Å². The monoisotopic (exact) mass is 537 g/mol. The van der Waals surface area contributed by atoms with Crippen LogP contribution < -0.4 is 4.90 Å². The van der Waals surface area contributed by atoms with E-state index in [1.54, 1.807) is 0 Å². The maximum atomic E-state index is 6.26. The topological polar surface area (TPSA) is 16.4 Å². The second-order valence-corrected chi connectivity index (χ2v) is 10.6. The van der Waals surface area contributed by atoms with E-state index in [2.05, 4.69) is 157 Å². The third kappa shape index (κ3) is 4.13. The molecule has 2 nitrogen and oxygen atoms in total. The molecule has 0 radical (unpaired) electrons. The Hall–Kier alpha value is -5.60. The number of anilines is 3. The van der Waals surface area contributed by atoms with Gasteiger partial charge < -0.3 is 9.32 Å². The number of hydrogen-bond acceptors (Lipinski definition) is 2. The number of hydrogen-bond donors (Lipinski definition) is 0. The zero-order valence-electron chi connectivity index (χ0n) is 22.9. The standard InChI is InChI=1S/C40H27NO/c1-3-12-28(13-4-1)35-26-30-14-7-8-15-31(30)27-36(35)29-22-24-33(25-23-29)41(32-16-5-2-6-17-32)37-19-11-21-39-40(37)34-18-9-10-20-38(34)42-39/h1-27H. The van der Waals surface area contributed by atoms with E-state index in [9.17, 15) is 0 Å². The normalized spacial score (nSPS) is 11.3. The molecule has 8 rings (SSSR count). The van der Waals surface area contributed by atoms with Crippen LogP contribution >= 0.6 is 0 Å². The molecule has 42 heavy (non-hydrogen) atoms. The first-order valence-corrected chi connectivity index (χ1v) is 14.3. The van der Waals surface area contributed by atoms with Gasteiger partial charge in [0.1, 0.15) is 11.2 Å². The number of nitrogens with zero attached hydrogens (tertiary/aromatic N) is 1. The zero-order valence-corrected chi connectivity index (χ0v) is 22.9. The molecule has 8 aromatic rings. The highest BCUT2D eigenvalue weighted by molar-refractivity contribution is 6.13. The molecule has 0 saturated carbocycles. The van der Waals surface area contributed by atoms with Gasteiger partial charge in [-0.1, -0.05) is 109 Å². The second kappa shape index (κ2) is 10.1. The molecule has 0 N–H and O–H groups in total. The summed E-state index contributed by atoms with van der Waals surface area (Å²) in [6.45, 7) is 0. The SMILES string of the molecule is c1ccc(-c2cc3ccccc3cc2-c2ccc(N(c3ccccc3)c3cccc4oc5ccccc5c34)cc2)cc1. The highest BCUT2D eigenvalue weighted by Gasteiger charge is 2.19. The number of rotatable bonds is 5. The molecule has 198 valence electrons. The predicted molar refractivity (Wildman–Crippen MR) is 177 cm³/mol. The molecule has 0 amide bonds. The lowest BCUT2D eigenvalue weighted by Crippen LogP contribution is -2.10. The third-order valence-electron chi connectivity index (χ3n) is 8.04. The van der Waals surface area contributed by atoms with E-state index in [-0.39, 0.29) is 0 Å². The Morgan fingerprint density at radius 2 is 0.952 bits per heavy atom. The van der Waals surface area contributed by atoms with Gasteiger partial charge in [0, 0.05) is 16.8 Å². The van der Waals surface area contributed by atoms with E-state index in [0.717, 1.165) is 39.0 Å². The van der Waals surface area contributed by atoms with E-state index in [1.807, 2.05) is 12.1 Å². The molecule has 0 unspecified atom stereocenters. The van der Waals surface area contributed by atoms with E-state index in [4.69, 9.17) is 4.42 Å². The van der Waals surface area contributed by atoms with Crippen LogP contribution in [0.1, 0.15) is 0 Å². The fourth-order valence-electron chi connectivity index (χ4n) is 6.07. The molecule has 7 aromatic carbocycles. The molecular weight excluding hydrogens is 510 g/mol. The Bertz CT molecular complexity index is 2180. The predicted octanol–water partition coefficient (Wildman–Crippen LogP) is 11.5. The minimum atomic E-state index is 0.884. The van der Waals surface area contributed by atoms with Crippen LogP contribution in [0.15, 0.2) is 168 Å². The van der Waals surface area contributed by atoms with Crippen LogP contribution in [-0.2, 0) is 0 Å². The van der Waals surface area contributed by atoms with Crippen molar-refractivity contribution in [1.29, 1.82) is 0 Å². The number of benzene rings is 7. The van der Waals surface area contributed by atoms with Crippen LogP contribution in [0.3, 0.4) is 0 Å². The van der Waals surface area contributed by atoms with E-state index < -0.39 is 0 Å². The molecule has 0 aliphatic heterocycles. The average Bonchev–Trinajstić information content (AvgIpc) is 3.45. The van der Waals surface area contributed by atoms with Gasteiger partial charge in [-0.25, -0.2) is 0 Å². The number of para-hydroxylation sites is 2. The lowest BCUT2D eigenvalue weighted by Gasteiger charge is -2.26. The molecule has 0 aliphatic rings. The van der Waals surface area contributed by atoms with Crippen LogP contribution in [0.4, 0.5) is 17.1 Å². The van der Waals surface area contributed by atoms with Gasteiger partial charge in [0.05, 0.1) is 11.1 Å². The van der Waals surface area contributed by atoms with Crippen molar-refractivity contribution in [1.82, 2.24) is 0 Å². The summed E-state index contributed by atoms with van der Waals surface area (Å²) in [5, 5.41) is 4.71. The van der Waals surface area contributed by atoms with Crippen LogP contribution in [-0.4, -0.2) is 0 Å². The lowest BCUT2D eigenvalue weighted by molar-refractivity contribution is 0.669. The average molecular weight is 538 g/mol. The van der Waals surface area contributed by atoms with Crippen molar-refractivity contribution in [3.8, 4) is 22.3 Å². The molecule has 0 saturated heterocycles. The summed E-state index contributed by atoms with van der Waals surface area (Å²) in [7, 11) is 0. The second-order valence-electron chi connectivity index (χ2n) is 10.6. The van der Waals surface area contributed by atoms with Crippen molar-refractivity contribution in [2.75, 3.05) is 4.90 Å². The van der Waals surface area contributed by atoms with E-state index in [1.165, 1.54) is 33.0 Å². The largest absolute Gasteiger partial charge is 0.456 e. The number of fused-ring (bicyclic) bond motifs is 4. The van der Waals surface area contributed by atoms with Crippen molar-refractivity contribution >= 4 is 49.8 Å². The fourth-order valence-corrected chi connectivity index (χ4v) is 6.07. The first-order valence-electron chi connectivity index (χ1n) is 14.3. The van der Waals surface area contributed by atoms with Gasteiger partial charge in [0.2, 0.25) is 0 Å². The molecule has 0 fully saturated rings. The third-order valence-corrected chi connectivity index (χ3v) is 8.04. The Balaban J connectivity index is 1.30. The Morgan fingerprint density at radius 3 is 1.67 bits per heavy atom. The Kier molecular flexibility index (Phi) is 5.82. The van der Waals surface area contributed by atoms with E-state index >= 15 is 0 Å². The summed E-state index contributed by atoms with van der Waals surface area (Å²) in [5.41, 5.74) is 9.91. The van der Waals surface area contributed by atoms with Crippen molar-refractivity contribution in [2.24, 2.45) is 0 Å².